The van der Waals surface area contributed by atoms with Crippen LogP contribution in [0.3, 0.4) is 0 Å². The largest absolute Gasteiger partial charge is 0.545 e. The molecule has 17 heavy (non-hydrogen) atoms. The summed E-state index contributed by atoms with van der Waals surface area (Å²) in [5.41, 5.74) is 1.71. The fourth-order valence-electron chi connectivity index (χ4n) is 1.58. The van der Waals surface area contributed by atoms with Gasteiger partial charge in [0.2, 0.25) is 0 Å². The lowest BCUT2D eigenvalue weighted by Gasteiger charge is -2.06. The van der Waals surface area contributed by atoms with Crippen molar-refractivity contribution in [2.24, 2.45) is 0 Å². The van der Waals surface area contributed by atoms with Crippen LogP contribution < -0.4 is 10.7 Å². The third kappa shape index (κ3) is 1.87. The van der Waals surface area contributed by atoms with E-state index in [-0.39, 0.29) is 11.1 Å². The zero-order chi connectivity index (χ0) is 12.6. The molecule has 0 aliphatic heterocycles. The number of benzene rings is 1. The van der Waals surface area contributed by atoms with Crippen molar-refractivity contribution in [2.45, 2.75) is 13.8 Å². The summed E-state index contributed by atoms with van der Waals surface area (Å²) in [6.45, 7) is 3.50. The number of H-pyrrole nitrogens is 1. The number of nitrogens with one attached hydrogen (secondary N) is 1. The Morgan fingerprint density at radius 1 is 1.35 bits per heavy atom. The molecule has 0 atom stereocenters. The van der Waals surface area contributed by atoms with Crippen molar-refractivity contribution < 1.29 is 9.90 Å². The molecule has 2 rings (SSSR count). The number of carbonyl (C=O) groups excluding carboxylic acids is 1. The first-order valence-electron chi connectivity index (χ1n) is 5.10. The number of aryl methyl sites for hydroxylation is 1. The normalized spacial score (nSPS) is 10.5. The van der Waals surface area contributed by atoms with E-state index < -0.39 is 5.97 Å². The second-order valence-electron chi connectivity index (χ2n) is 3.84. The quantitative estimate of drug-likeness (QED) is 0.798. The summed E-state index contributed by atoms with van der Waals surface area (Å²) in [5.74, 6) is -1.26. The van der Waals surface area contributed by atoms with Crippen LogP contribution in [0, 0.1) is 13.8 Å². The van der Waals surface area contributed by atoms with Crippen LogP contribution >= 0.6 is 0 Å². The predicted molar refractivity (Wildman–Crippen MR) is 60.2 cm³/mol. The van der Waals surface area contributed by atoms with Gasteiger partial charge in [0, 0.05) is 11.3 Å². The molecule has 0 saturated carbocycles. The van der Waals surface area contributed by atoms with Crippen LogP contribution in [-0.4, -0.2) is 15.7 Å². The zero-order valence-corrected chi connectivity index (χ0v) is 9.48. The van der Waals surface area contributed by atoms with Gasteiger partial charge in [-0.25, -0.2) is 4.68 Å². The van der Waals surface area contributed by atoms with E-state index >= 15 is 0 Å². The number of nitrogens with zero attached hydrogens (tertiary/aromatic N) is 1. The van der Waals surface area contributed by atoms with E-state index in [2.05, 4.69) is 5.10 Å². The Morgan fingerprint density at radius 2 is 2.06 bits per heavy atom. The summed E-state index contributed by atoms with van der Waals surface area (Å²) < 4.78 is 1.32. The molecule has 0 aliphatic carbocycles. The van der Waals surface area contributed by atoms with Gasteiger partial charge in [-0.1, -0.05) is 12.1 Å². The van der Waals surface area contributed by atoms with Crippen molar-refractivity contribution in [1.82, 2.24) is 9.78 Å². The Balaban J connectivity index is 2.61. The number of carbonyl (C=O) groups is 1. The lowest BCUT2D eigenvalue weighted by Crippen LogP contribution is -2.23. The molecule has 0 bridgehead atoms. The van der Waals surface area contributed by atoms with Crippen LogP contribution in [0.2, 0.25) is 0 Å². The van der Waals surface area contributed by atoms with Crippen molar-refractivity contribution in [3.8, 4) is 5.69 Å². The molecule has 1 heterocycles. The summed E-state index contributed by atoms with van der Waals surface area (Å²) in [7, 11) is 0. The van der Waals surface area contributed by atoms with E-state index in [1.165, 1.54) is 16.8 Å². The van der Waals surface area contributed by atoms with Crippen molar-refractivity contribution in [3.63, 3.8) is 0 Å². The number of carboxylic acid groups (broad SMARTS) is 1. The highest BCUT2D eigenvalue weighted by atomic mass is 16.4. The summed E-state index contributed by atoms with van der Waals surface area (Å²) in [5, 5.41) is 13.6. The lowest BCUT2D eigenvalue weighted by atomic mass is 10.2. The Morgan fingerprint density at radius 3 is 2.59 bits per heavy atom. The highest BCUT2D eigenvalue weighted by Gasteiger charge is 2.08. The standard InChI is InChI=1S/C12H12N2O3/c1-7-8(2)13-14(11(7)15)10-5-3-4-9(6-10)12(16)17/h3-6,13H,1-2H3,(H,16,17)/p-1. The first-order valence-corrected chi connectivity index (χ1v) is 5.10. The maximum absolute atomic E-state index is 11.8. The molecule has 0 fully saturated rings. The predicted octanol–water partition coefficient (Wildman–Crippen LogP) is 0.146. The molecule has 1 N–H and O–H groups in total. The number of carboxylic acids is 1. The molecular weight excluding hydrogens is 220 g/mol. The van der Waals surface area contributed by atoms with Gasteiger partial charge in [-0.2, -0.15) is 0 Å². The summed E-state index contributed by atoms with van der Waals surface area (Å²) in [6, 6.07) is 6.04. The van der Waals surface area contributed by atoms with E-state index in [9.17, 15) is 14.7 Å². The summed E-state index contributed by atoms with van der Waals surface area (Å²) in [6.07, 6.45) is 0. The van der Waals surface area contributed by atoms with Gasteiger partial charge < -0.3 is 9.90 Å². The van der Waals surface area contributed by atoms with Gasteiger partial charge in [0.15, 0.2) is 0 Å². The monoisotopic (exact) mass is 231 g/mol. The molecule has 0 saturated heterocycles. The number of aromatic nitrogens is 2. The third-order valence-electron chi connectivity index (χ3n) is 2.71. The van der Waals surface area contributed by atoms with E-state index in [1.807, 2.05) is 0 Å². The van der Waals surface area contributed by atoms with Gasteiger partial charge >= 0.3 is 0 Å². The van der Waals surface area contributed by atoms with Crippen LogP contribution in [-0.2, 0) is 0 Å². The molecule has 1 aromatic carbocycles. The van der Waals surface area contributed by atoms with Crippen molar-refractivity contribution in [3.05, 3.63) is 51.4 Å². The van der Waals surface area contributed by atoms with Crippen LogP contribution in [0.15, 0.2) is 29.1 Å². The summed E-state index contributed by atoms with van der Waals surface area (Å²) in [4.78, 5) is 22.6. The van der Waals surface area contributed by atoms with E-state index in [1.54, 1.807) is 26.0 Å². The lowest BCUT2D eigenvalue weighted by molar-refractivity contribution is -0.255. The highest BCUT2D eigenvalue weighted by Crippen LogP contribution is 2.09. The van der Waals surface area contributed by atoms with Crippen LogP contribution in [0.5, 0.6) is 0 Å². The number of hydrogen-bond acceptors (Lipinski definition) is 3. The minimum atomic E-state index is -1.26. The number of aromatic carboxylic acids is 1. The molecule has 5 nitrogen and oxygen atoms in total. The second kappa shape index (κ2) is 3.93. The van der Waals surface area contributed by atoms with Crippen molar-refractivity contribution in [1.29, 1.82) is 0 Å². The van der Waals surface area contributed by atoms with E-state index in [0.717, 1.165) is 5.69 Å². The number of hydrogen-bond donors (Lipinski definition) is 1. The van der Waals surface area contributed by atoms with Gasteiger partial charge in [-0.15, -0.1) is 0 Å². The average Bonchev–Trinajstić information content (AvgIpc) is 2.57. The van der Waals surface area contributed by atoms with E-state index in [0.29, 0.717) is 11.3 Å². The van der Waals surface area contributed by atoms with Crippen LogP contribution in [0.4, 0.5) is 0 Å². The molecule has 0 radical (unpaired) electrons. The van der Waals surface area contributed by atoms with Gasteiger partial charge in [0.25, 0.3) is 5.56 Å². The van der Waals surface area contributed by atoms with Gasteiger partial charge in [0.1, 0.15) is 0 Å². The van der Waals surface area contributed by atoms with Gasteiger partial charge in [-0.3, -0.25) is 9.89 Å². The molecule has 88 valence electrons. The minimum Gasteiger partial charge on any atom is -0.545 e. The molecule has 0 amide bonds. The Kier molecular flexibility index (Phi) is 2.59. The fraction of sp³-hybridized carbons (Fsp3) is 0.167. The average molecular weight is 231 g/mol. The Hall–Kier alpha value is -2.30. The topological polar surface area (TPSA) is 77.9 Å². The molecule has 5 heteroatoms. The van der Waals surface area contributed by atoms with Crippen LogP contribution in [0.25, 0.3) is 5.69 Å². The molecule has 0 spiro atoms. The first-order chi connectivity index (χ1) is 8.00. The molecular formula is C12H11N2O3-. The third-order valence-corrected chi connectivity index (χ3v) is 2.71. The maximum atomic E-state index is 11.8. The number of aromatic amines is 1. The SMILES string of the molecule is Cc1[nH]n(-c2cccc(C(=O)[O-])c2)c(=O)c1C. The fourth-order valence-corrected chi connectivity index (χ4v) is 1.58. The van der Waals surface area contributed by atoms with Crippen LogP contribution in [0.1, 0.15) is 21.6 Å². The molecule has 0 unspecified atom stereocenters. The van der Waals surface area contributed by atoms with Gasteiger partial charge in [-0.05, 0) is 31.5 Å². The van der Waals surface area contributed by atoms with Gasteiger partial charge in [0.05, 0.1) is 11.7 Å². The molecule has 2 aromatic rings. The number of rotatable bonds is 2. The molecule has 1 aromatic heterocycles. The second-order valence-corrected chi connectivity index (χ2v) is 3.84. The Labute approximate surface area is 97.3 Å². The maximum Gasteiger partial charge on any atom is 0.274 e. The smallest absolute Gasteiger partial charge is 0.274 e. The first kappa shape index (κ1) is 11.2. The molecule has 0 aliphatic rings. The zero-order valence-electron chi connectivity index (χ0n) is 9.48. The van der Waals surface area contributed by atoms with Crippen molar-refractivity contribution >= 4 is 5.97 Å². The minimum absolute atomic E-state index is 0.0410. The van der Waals surface area contributed by atoms with Crippen molar-refractivity contribution in [2.75, 3.05) is 0 Å². The van der Waals surface area contributed by atoms with E-state index in [4.69, 9.17) is 0 Å². The highest BCUT2D eigenvalue weighted by molar-refractivity contribution is 5.86. The Bertz CT molecular complexity index is 637. The summed E-state index contributed by atoms with van der Waals surface area (Å²) >= 11 is 0.